The van der Waals surface area contributed by atoms with E-state index in [-0.39, 0.29) is 0 Å². The van der Waals surface area contributed by atoms with Gasteiger partial charge in [0.25, 0.3) is 0 Å². The third-order valence-electron chi connectivity index (χ3n) is 1.93. The first-order valence-corrected chi connectivity index (χ1v) is 5.78. The summed E-state index contributed by atoms with van der Waals surface area (Å²) in [7, 11) is 0. The minimum Gasteiger partial charge on any atom is -0.378 e. The molecule has 1 atom stereocenters. The Morgan fingerprint density at radius 1 is 1.36 bits per heavy atom. The predicted octanol–water partition coefficient (Wildman–Crippen LogP) is 2.94. The second-order valence-electron chi connectivity index (χ2n) is 2.85. The molecule has 0 aliphatic carbocycles. The largest absolute Gasteiger partial charge is 0.378 e. The number of rotatable bonds is 3. The normalized spacial score (nSPS) is 26.1. The Balaban J connectivity index is 2.09. The summed E-state index contributed by atoms with van der Waals surface area (Å²) < 4.78 is 6.69. The van der Waals surface area contributed by atoms with Gasteiger partial charge in [0.15, 0.2) is 0 Å². The molecule has 1 rings (SSSR count). The topological polar surface area (TPSA) is 9.23 Å². The van der Waals surface area contributed by atoms with Crippen molar-refractivity contribution in [1.82, 2.24) is 0 Å². The molecule has 1 saturated heterocycles. The summed E-state index contributed by atoms with van der Waals surface area (Å²) >= 11 is 2.35. The van der Waals surface area contributed by atoms with E-state index in [0.717, 1.165) is 17.5 Å². The van der Waals surface area contributed by atoms with Gasteiger partial charge in [0.05, 0.1) is 6.10 Å². The third-order valence-corrected chi connectivity index (χ3v) is 2.44. The van der Waals surface area contributed by atoms with Gasteiger partial charge in [0.2, 0.25) is 0 Å². The zero-order valence-electron chi connectivity index (χ0n) is 6.76. The van der Waals surface area contributed by atoms with Crippen molar-refractivity contribution >= 4 is 22.6 Å². The van der Waals surface area contributed by atoms with E-state index in [0.29, 0.717) is 6.10 Å². The van der Waals surface area contributed by atoms with Gasteiger partial charge in [-0.25, -0.2) is 0 Å². The van der Waals surface area contributed by atoms with Crippen molar-refractivity contribution in [3.05, 3.63) is 12.2 Å². The van der Waals surface area contributed by atoms with Crippen molar-refractivity contribution in [3.8, 4) is 0 Å². The summed E-state index contributed by atoms with van der Waals surface area (Å²) in [6, 6.07) is 0. The molecule has 0 aromatic rings. The van der Waals surface area contributed by atoms with Crippen LogP contribution >= 0.6 is 22.6 Å². The number of hydrogen-bond acceptors (Lipinski definition) is 1. The lowest BCUT2D eigenvalue weighted by Crippen LogP contribution is -2.17. The Kier molecular flexibility index (Phi) is 5.19. The van der Waals surface area contributed by atoms with Crippen LogP contribution in [-0.2, 0) is 4.74 Å². The maximum atomic E-state index is 5.57. The first-order valence-electron chi connectivity index (χ1n) is 4.26. The summed E-state index contributed by atoms with van der Waals surface area (Å²) in [5.74, 6) is 0. The van der Waals surface area contributed by atoms with E-state index >= 15 is 0 Å². The molecule has 0 bridgehead atoms. The molecule has 1 fully saturated rings. The van der Waals surface area contributed by atoms with Gasteiger partial charge in [-0.05, 0) is 25.7 Å². The summed E-state index contributed by atoms with van der Waals surface area (Å²) in [5.41, 5.74) is 0. The standard InChI is InChI=1S/C9H15IO/c10-7-3-1-5-9-6-2-4-8-11-9/h1,3,9H,2,4-8H2/b3-1+. The van der Waals surface area contributed by atoms with Crippen LogP contribution < -0.4 is 0 Å². The van der Waals surface area contributed by atoms with Gasteiger partial charge in [-0.3, -0.25) is 0 Å². The summed E-state index contributed by atoms with van der Waals surface area (Å²) in [5, 5.41) is 0. The molecule has 11 heavy (non-hydrogen) atoms. The molecule has 0 aromatic carbocycles. The molecule has 1 nitrogen and oxygen atoms in total. The molecule has 0 N–H and O–H groups in total. The molecule has 1 heterocycles. The smallest absolute Gasteiger partial charge is 0.0609 e. The lowest BCUT2D eigenvalue weighted by Gasteiger charge is -2.20. The fraction of sp³-hybridized carbons (Fsp3) is 0.778. The zero-order chi connectivity index (χ0) is 7.94. The van der Waals surface area contributed by atoms with Gasteiger partial charge in [0.1, 0.15) is 0 Å². The third kappa shape index (κ3) is 4.11. The molecule has 1 unspecified atom stereocenters. The van der Waals surface area contributed by atoms with Crippen LogP contribution in [0.3, 0.4) is 0 Å². The van der Waals surface area contributed by atoms with Crippen LogP contribution in [0.5, 0.6) is 0 Å². The molecular weight excluding hydrogens is 251 g/mol. The molecule has 2 heteroatoms. The maximum absolute atomic E-state index is 5.57. The van der Waals surface area contributed by atoms with Crippen molar-refractivity contribution < 1.29 is 4.74 Å². The summed E-state index contributed by atoms with van der Waals surface area (Å²) in [4.78, 5) is 0. The molecule has 1 aliphatic heterocycles. The number of ether oxygens (including phenoxy) is 1. The second kappa shape index (κ2) is 6.00. The highest BCUT2D eigenvalue weighted by Crippen LogP contribution is 2.15. The van der Waals surface area contributed by atoms with Crippen LogP contribution in [-0.4, -0.2) is 17.1 Å². The minimum absolute atomic E-state index is 0.517. The van der Waals surface area contributed by atoms with Crippen LogP contribution in [0, 0.1) is 0 Å². The summed E-state index contributed by atoms with van der Waals surface area (Å²) in [6.07, 6.45) is 9.94. The number of hydrogen-bond donors (Lipinski definition) is 0. The number of halogens is 1. The van der Waals surface area contributed by atoms with Crippen molar-refractivity contribution in [2.24, 2.45) is 0 Å². The Bertz CT molecular complexity index is 117. The lowest BCUT2D eigenvalue weighted by atomic mass is 10.1. The van der Waals surface area contributed by atoms with Crippen molar-refractivity contribution in [3.63, 3.8) is 0 Å². The van der Waals surface area contributed by atoms with E-state index in [4.69, 9.17) is 4.74 Å². The van der Waals surface area contributed by atoms with Crippen LogP contribution in [0.15, 0.2) is 12.2 Å². The fourth-order valence-electron chi connectivity index (χ4n) is 1.30. The molecule has 0 spiro atoms. The van der Waals surface area contributed by atoms with E-state index < -0.39 is 0 Å². The van der Waals surface area contributed by atoms with Gasteiger partial charge < -0.3 is 4.74 Å². The van der Waals surface area contributed by atoms with E-state index in [1.54, 1.807) is 0 Å². The Hall–Kier alpha value is 0.430. The van der Waals surface area contributed by atoms with Crippen LogP contribution in [0.4, 0.5) is 0 Å². The van der Waals surface area contributed by atoms with E-state index in [9.17, 15) is 0 Å². The highest BCUT2D eigenvalue weighted by Gasteiger charge is 2.10. The van der Waals surface area contributed by atoms with Crippen molar-refractivity contribution in [2.75, 3.05) is 11.0 Å². The van der Waals surface area contributed by atoms with Crippen molar-refractivity contribution in [2.45, 2.75) is 31.8 Å². The fourth-order valence-corrected chi connectivity index (χ4v) is 1.66. The Labute approximate surface area is 82.3 Å². The molecular formula is C9H15IO. The van der Waals surface area contributed by atoms with E-state index in [1.807, 2.05) is 0 Å². The SMILES string of the molecule is IC/C=C/CC1CCCCO1. The Morgan fingerprint density at radius 3 is 2.91 bits per heavy atom. The monoisotopic (exact) mass is 266 g/mol. The molecule has 0 saturated carbocycles. The molecule has 0 amide bonds. The Morgan fingerprint density at radius 2 is 2.27 bits per heavy atom. The van der Waals surface area contributed by atoms with Crippen LogP contribution in [0.1, 0.15) is 25.7 Å². The van der Waals surface area contributed by atoms with Gasteiger partial charge in [-0.15, -0.1) is 0 Å². The van der Waals surface area contributed by atoms with E-state index in [2.05, 4.69) is 34.7 Å². The van der Waals surface area contributed by atoms with Gasteiger partial charge in [-0.2, -0.15) is 0 Å². The van der Waals surface area contributed by atoms with Crippen molar-refractivity contribution in [1.29, 1.82) is 0 Å². The average molecular weight is 266 g/mol. The summed E-state index contributed by atoms with van der Waals surface area (Å²) in [6.45, 7) is 0.975. The average Bonchev–Trinajstić information content (AvgIpc) is 2.07. The van der Waals surface area contributed by atoms with E-state index in [1.165, 1.54) is 19.3 Å². The molecule has 0 aromatic heterocycles. The van der Waals surface area contributed by atoms with Gasteiger partial charge >= 0.3 is 0 Å². The van der Waals surface area contributed by atoms with Crippen LogP contribution in [0.25, 0.3) is 0 Å². The number of alkyl halides is 1. The van der Waals surface area contributed by atoms with Gasteiger partial charge in [-0.1, -0.05) is 34.7 Å². The first-order chi connectivity index (χ1) is 5.43. The van der Waals surface area contributed by atoms with Gasteiger partial charge in [0, 0.05) is 11.0 Å². The highest BCUT2D eigenvalue weighted by molar-refractivity contribution is 14.1. The van der Waals surface area contributed by atoms with Crippen LogP contribution in [0.2, 0.25) is 0 Å². The zero-order valence-corrected chi connectivity index (χ0v) is 8.92. The minimum atomic E-state index is 0.517. The lowest BCUT2D eigenvalue weighted by molar-refractivity contribution is 0.0184. The molecule has 1 aliphatic rings. The maximum Gasteiger partial charge on any atom is 0.0609 e. The number of allylic oxidation sites excluding steroid dienone is 1. The predicted molar refractivity (Wildman–Crippen MR) is 56.2 cm³/mol. The second-order valence-corrected chi connectivity index (χ2v) is 3.73. The quantitative estimate of drug-likeness (QED) is 0.433. The highest BCUT2D eigenvalue weighted by atomic mass is 127. The molecule has 64 valence electrons. The first kappa shape index (κ1) is 9.52. The molecule has 0 radical (unpaired) electrons.